The summed E-state index contributed by atoms with van der Waals surface area (Å²) in [5.74, 6) is -0.107. The van der Waals surface area contributed by atoms with Gasteiger partial charge in [-0.2, -0.15) is 0 Å². The van der Waals surface area contributed by atoms with Crippen molar-refractivity contribution >= 4 is 29.0 Å². The normalized spacial score (nSPS) is 13.0. The average Bonchev–Trinajstić information content (AvgIpc) is 2.70. The minimum Gasteiger partial charge on any atom is -0.351 e. The van der Waals surface area contributed by atoms with Crippen LogP contribution in [0.2, 0.25) is 0 Å². The first-order chi connectivity index (χ1) is 12.0. The predicted octanol–water partition coefficient (Wildman–Crippen LogP) is 2.50. The van der Waals surface area contributed by atoms with E-state index in [1.165, 1.54) is 4.90 Å². The Labute approximate surface area is 147 Å². The molecule has 6 nitrogen and oxygen atoms in total. The summed E-state index contributed by atoms with van der Waals surface area (Å²) in [6, 6.07) is 12.8. The van der Waals surface area contributed by atoms with E-state index in [-0.39, 0.29) is 5.91 Å². The summed E-state index contributed by atoms with van der Waals surface area (Å²) in [5, 5.41) is 2.87. The standard InChI is InChI=1S/C19H22N4O2/c1-22(2)12-18(24)21-15-10-9-14-8-7-13-5-3-4-6-16(13)23(19(20)25)17(14)11-15/h3-6,9-11H,7-8,12H2,1-2H3,(H2,20,25)(H,21,24). The van der Waals surface area contributed by atoms with Gasteiger partial charge in [0, 0.05) is 5.69 Å². The molecule has 2 aromatic carbocycles. The van der Waals surface area contributed by atoms with Crippen molar-refractivity contribution in [3.63, 3.8) is 0 Å². The zero-order valence-electron chi connectivity index (χ0n) is 14.5. The molecule has 0 atom stereocenters. The summed E-state index contributed by atoms with van der Waals surface area (Å²) in [4.78, 5) is 27.5. The molecule has 1 heterocycles. The summed E-state index contributed by atoms with van der Waals surface area (Å²) in [7, 11) is 3.67. The number of amides is 3. The van der Waals surface area contributed by atoms with E-state index in [1.807, 2.05) is 56.6 Å². The highest BCUT2D eigenvalue weighted by Crippen LogP contribution is 2.37. The second kappa shape index (κ2) is 6.94. The van der Waals surface area contributed by atoms with Crippen LogP contribution in [0.4, 0.5) is 21.9 Å². The molecule has 6 heteroatoms. The summed E-state index contributed by atoms with van der Waals surface area (Å²) in [5.41, 5.74) is 9.95. The number of urea groups is 1. The number of hydrogen-bond acceptors (Lipinski definition) is 3. The number of para-hydroxylation sites is 1. The number of nitrogens with zero attached hydrogens (tertiary/aromatic N) is 2. The molecule has 130 valence electrons. The third kappa shape index (κ3) is 3.64. The van der Waals surface area contributed by atoms with Gasteiger partial charge in [-0.3, -0.25) is 9.69 Å². The molecule has 2 aromatic rings. The van der Waals surface area contributed by atoms with Crippen molar-refractivity contribution < 1.29 is 9.59 Å². The average molecular weight is 338 g/mol. The zero-order chi connectivity index (χ0) is 18.0. The van der Waals surface area contributed by atoms with E-state index in [4.69, 9.17) is 5.73 Å². The monoisotopic (exact) mass is 338 g/mol. The maximum atomic E-state index is 12.2. The molecule has 0 radical (unpaired) electrons. The number of fused-ring (bicyclic) bond motifs is 2. The van der Waals surface area contributed by atoms with Crippen molar-refractivity contribution in [3.8, 4) is 0 Å². The van der Waals surface area contributed by atoms with Gasteiger partial charge in [-0.05, 0) is 56.3 Å². The van der Waals surface area contributed by atoms with Gasteiger partial charge in [-0.1, -0.05) is 24.3 Å². The highest BCUT2D eigenvalue weighted by atomic mass is 16.2. The maximum Gasteiger partial charge on any atom is 0.323 e. The Morgan fingerprint density at radius 1 is 1.08 bits per heavy atom. The molecule has 0 aromatic heterocycles. The van der Waals surface area contributed by atoms with Gasteiger partial charge >= 0.3 is 6.03 Å². The number of nitrogens with two attached hydrogens (primary N) is 1. The van der Waals surface area contributed by atoms with Crippen molar-refractivity contribution in [1.29, 1.82) is 0 Å². The first kappa shape index (κ1) is 17.0. The fourth-order valence-corrected chi connectivity index (χ4v) is 3.13. The van der Waals surface area contributed by atoms with Crippen LogP contribution >= 0.6 is 0 Å². The molecule has 0 saturated carbocycles. The molecule has 1 aliphatic heterocycles. The van der Waals surface area contributed by atoms with Gasteiger partial charge in [-0.25, -0.2) is 4.79 Å². The smallest absolute Gasteiger partial charge is 0.323 e. The Bertz CT molecular complexity index is 817. The predicted molar refractivity (Wildman–Crippen MR) is 99.2 cm³/mol. The van der Waals surface area contributed by atoms with Crippen molar-refractivity contribution in [2.45, 2.75) is 12.8 Å². The number of rotatable bonds is 3. The number of nitrogens with one attached hydrogen (secondary N) is 1. The van der Waals surface area contributed by atoms with Gasteiger partial charge < -0.3 is 16.0 Å². The third-order valence-corrected chi connectivity index (χ3v) is 4.19. The van der Waals surface area contributed by atoms with Crippen LogP contribution in [0.25, 0.3) is 0 Å². The molecule has 0 unspecified atom stereocenters. The molecule has 3 amide bonds. The highest BCUT2D eigenvalue weighted by molar-refractivity contribution is 6.01. The van der Waals surface area contributed by atoms with E-state index in [0.29, 0.717) is 12.2 Å². The van der Waals surface area contributed by atoms with Crippen LogP contribution < -0.4 is 16.0 Å². The number of likely N-dealkylation sites (N-methyl/N-ethyl adjacent to an activating group) is 1. The SMILES string of the molecule is CN(C)CC(=O)Nc1ccc2c(c1)N(C(N)=O)c1ccccc1CC2. The molecule has 0 saturated heterocycles. The van der Waals surface area contributed by atoms with Crippen LogP contribution in [0, 0.1) is 0 Å². The summed E-state index contributed by atoms with van der Waals surface area (Å²) in [6.07, 6.45) is 1.64. The summed E-state index contributed by atoms with van der Waals surface area (Å²) in [6.45, 7) is 0.291. The Morgan fingerprint density at radius 2 is 1.76 bits per heavy atom. The van der Waals surface area contributed by atoms with Crippen molar-refractivity contribution in [2.24, 2.45) is 5.73 Å². The van der Waals surface area contributed by atoms with Crippen LogP contribution in [0.5, 0.6) is 0 Å². The molecule has 0 fully saturated rings. The molecular weight excluding hydrogens is 316 g/mol. The number of carbonyl (C=O) groups excluding carboxylic acids is 2. The second-order valence-corrected chi connectivity index (χ2v) is 6.43. The fourth-order valence-electron chi connectivity index (χ4n) is 3.13. The quantitative estimate of drug-likeness (QED) is 0.902. The molecule has 0 aliphatic carbocycles. The molecule has 3 N–H and O–H groups in total. The fraction of sp³-hybridized carbons (Fsp3) is 0.263. The van der Waals surface area contributed by atoms with Crippen molar-refractivity contribution in [1.82, 2.24) is 4.90 Å². The zero-order valence-corrected chi connectivity index (χ0v) is 14.5. The number of benzene rings is 2. The minimum atomic E-state index is -0.535. The lowest BCUT2D eigenvalue weighted by Crippen LogP contribution is -2.32. The first-order valence-electron chi connectivity index (χ1n) is 8.20. The van der Waals surface area contributed by atoms with Crippen LogP contribution in [-0.4, -0.2) is 37.5 Å². The second-order valence-electron chi connectivity index (χ2n) is 6.43. The van der Waals surface area contributed by atoms with E-state index < -0.39 is 6.03 Å². The first-order valence-corrected chi connectivity index (χ1v) is 8.20. The van der Waals surface area contributed by atoms with Gasteiger partial charge in [0.1, 0.15) is 0 Å². The number of carbonyl (C=O) groups is 2. The molecule has 0 bridgehead atoms. The van der Waals surface area contributed by atoms with Gasteiger partial charge in [0.25, 0.3) is 0 Å². The molecule has 1 aliphatic rings. The molecule has 0 spiro atoms. The maximum absolute atomic E-state index is 12.2. The third-order valence-electron chi connectivity index (χ3n) is 4.19. The lowest BCUT2D eigenvalue weighted by molar-refractivity contribution is -0.116. The highest BCUT2D eigenvalue weighted by Gasteiger charge is 2.24. The van der Waals surface area contributed by atoms with E-state index in [0.717, 1.165) is 35.3 Å². The van der Waals surface area contributed by atoms with Gasteiger partial charge in [-0.15, -0.1) is 0 Å². The number of primary amides is 1. The molecule has 25 heavy (non-hydrogen) atoms. The number of anilines is 3. The lowest BCUT2D eigenvalue weighted by Gasteiger charge is -2.23. The van der Waals surface area contributed by atoms with E-state index in [2.05, 4.69) is 5.32 Å². The Hall–Kier alpha value is -2.86. The van der Waals surface area contributed by atoms with E-state index in [1.54, 1.807) is 4.90 Å². The van der Waals surface area contributed by atoms with Crippen LogP contribution in [-0.2, 0) is 17.6 Å². The summed E-state index contributed by atoms with van der Waals surface area (Å²) >= 11 is 0. The molecule has 3 rings (SSSR count). The number of hydrogen-bond donors (Lipinski definition) is 2. The van der Waals surface area contributed by atoms with Crippen molar-refractivity contribution in [3.05, 3.63) is 53.6 Å². The summed E-state index contributed by atoms with van der Waals surface area (Å²) < 4.78 is 0. The van der Waals surface area contributed by atoms with Crippen LogP contribution in [0.3, 0.4) is 0 Å². The lowest BCUT2D eigenvalue weighted by atomic mass is 10.0. The Kier molecular flexibility index (Phi) is 4.72. The minimum absolute atomic E-state index is 0.107. The van der Waals surface area contributed by atoms with E-state index in [9.17, 15) is 9.59 Å². The van der Waals surface area contributed by atoms with Crippen LogP contribution in [0.1, 0.15) is 11.1 Å². The van der Waals surface area contributed by atoms with Gasteiger partial charge in [0.15, 0.2) is 0 Å². The Morgan fingerprint density at radius 3 is 2.44 bits per heavy atom. The van der Waals surface area contributed by atoms with Crippen molar-refractivity contribution in [2.75, 3.05) is 30.9 Å². The largest absolute Gasteiger partial charge is 0.351 e. The number of aryl methyl sites for hydroxylation is 2. The van der Waals surface area contributed by atoms with Gasteiger partial charge in [0.2, 0.25) is 5.91 Å². The Balaban J connectivity index is 2.00. The van der Waals surface area contributed by atoms with E-state index >= 15 is 0 Å². The topological polar surface area (TPSA) is 78.7 Å². The van der Waals surface area contributed by atoms with Crippen LogP contribution in [0.15, 0.2) is 42.5 Å². The van der Waals surface area contributed by atoms with Gasteiger partial charge in [0.05, 0.1) is 17.9 Å². The molecular formula is C19H22N4O2.